The minimum atomic E-state index is -1.62. The van der Waals surface area contributed by atoms with E-state index in [0.717, 1.165) is 33.4 Å². The van der Waals surface area contributed by atoms with Gasteiger partial charge in [0.15, 0.2) is 29.8 Å². The number of carbonyl (C=O) groups excluding carboxylic acids is 5. The van der Waals surface area contributed by atoms with E-state index in [2.05, 4.69) is 0 Å². The van der Waals surface area contributed by atoms with E-state index in [0.29, 0.717) is 6.29 Å². The lowest BCUT2D eigenvalue weighted by atomic mass is 9.97. The molecule has 3 rings (SSSR count). The Morgan fingerprint density at radius 2 is 1.44 bits per heavy atom. The van der Waals surface area contributed by atoms with Crippen molar-refractivity contribution >= 4 is 30.2 Å². The number of methoxy groups -OCH3 is 1. The predicted molar refractivity (Wildman–Crippen MR) is 131 cm³/mol. The first-order valence-electron chi connectivity index (χ1n) is 11.8. The van der Waals surface area contributed by atoms with Gasteiger partial charge in [0, 0.05) is 26.3 Å². The molecule has 0 spiro atoms. The van der Waals surface area contributed by atoms with E-state index in [-0.39, 0.29) is 23.7 Å². The Hall–Kier alpha value is -4.45. The van der Waals surface area contributed by atoms with Crippen LogP contribution in [0.1, 0.15) is 36.7 Å². The number of esters is 4. The highest BCUT2D eigenvalue weighted by molar-refractivity contribution is 5.77. The van der Waals surface area contributed by atoms with Crippen molar-refractivity contribution in [2.45, 2.75) is 58.1 Å². The number of carbonyl (C=O) groups is 5. The van der Waals surface area contributed by atoms with Crippen LogP contribution in [-0.4, -0.2) is 68.0 Å². The molecule has 1 heterocycles. The summed E-state index contributed by atoms with van der Waals surface area (Å²) in [6, 6.07) is 13.5. The number of aldehydes is 1. The average molecular weight is 545 g/mol. The Bertz CT molecular complexity index is 1190. The number of hydrogen-bond acceptors (Lipinski definition) is 12. The lowest BCUT2D eigenvalue weighted by molar-refractivity contribution is -0.282. The first-order valence-corrected chi connectivity index (χ1v) is 11.8. The molecule has 208 valence electrons. The zero-order valence-electron chi connectivity index (χ0n) is 21.7. The van der Waals surface area contributed by atoms with Crippen LogP contribution >= 0.6 is 0 Å². The van der Waals surface area contributed by atoms with Crippen LogP contribution in [0, 0.1) is 0 Å². The van der Waals surface area contributed by atoms with Gasteiger partial charge >= 0.3 is 23.9 Å². The second-order valence-electron chi connectivity index (χ2n) is 8.39. The molecule has 12 heteroatoms. The highest BCUT2D eigenvalue weighted by atomic mass is 16.7. The summed E-state index contributed by atoms with van der Waals surface area (Å²) in [5, 5.41) is 0. The van der Waals surface area contributed by atoms with Crippen LogP contribution in [0.5, 0.6) is 11.5 Å². The Kier molecular flexibility index (Phi) is 9.98. The third-order valence-electron chi connectivity index (χ3n) is 5.42. The number of benzene rings is 2. The second kappa shape index (κ2) is 13.4. The Morgan fingerprint density at radius 3 is 2.03 bits per heavy atom. The van der Waals surface area contributed by atoms with E-state index in [9.17, 15) is 24.0 Å². The van der Waals surface area contributed by atoms with Crippen LogP contribution in [-0.2, 0) is 49.5 Å². The monoisotopic (exact) mass is 544 g/mol. The van der Waals surface area contributed by atoms with Crippen molar-refractivity contribution in [2.24, 2.45) is 0 Å². The molecule has 1 aliphatic heterocycles. The normalized spacial score (nSPS) is 22.1. The molecule has 0 aromatic heterocycles. The minimum Gasteiger partial charge on any atom is -0.485 e. The second-order valence-corrected chi connectivity index (χ2v) is 8.39. The third-order valence-corrected chi connectivity index (χ3v) is 5.42. The maximum absolute atomic E-state index is 12.6. The van der Waals surface area contributed by atoms with Gasteiger partial charge in [-0.2, -0.15) is 0 Å². The molecule has 5 atom stereocenters. The molecule has 2 aromatic carbocycles. The largest absolute Gasteiger partial charge is 0.485 e. The van der Waals surface area contributed by atoms with Gasteiger partial charge in [-0.1, -0.05) is 30.3 Å². The van der Waals surface area contributed by atoms with Crippen LogP contribution in [0.3, 0.4) is 0 Å². The third kappa shape index (κ3) is 7.77. The van der Waals surface area contributed by atoms with Crippen LogP contribution in [0.2, 0.25) is 0 Å². The van der Waals surface area contributed by atoms with Gasteiger partial charge in [-0.05, 0) is 23.8 Å². The average Bonchev–Trinajstić information content (AvgIpc) is 2.90. The molecule has 1 saturated heterocycles. The first-order chi connectivity index (χ1) is 18.6. The topological polar surface area (TPSA) is 150 Å². The van der Waals surface area contributed by atoms with E-state index in [1.54, 1.807) is 0 Å². The fraction of sp³-hybridized carbons (Fsp3) is 0.370. The van der Waals surface area contributed by atoms with Crippen molar-refractivity contribution in [1.82, 2.24) is 0 Å². The molecule has 0 saturated carbocycles. The van der Waals surface area contributed by atoms with Crippen LogP contribution in [0.15, 0.2) is 48.5 Å². The summed E-state index contributed by atoms with van der Waals surface area (Å²) in [6.45, 7) is 3.38. The number of hydrogen-bond donors (Lipinski definition) is 0. The molecule has 0 unspecified atom stereocenters. The van der Waals surface area contributed by atoms with Gasteiger partial charge in [-0.15, -0.1) is 0 Å². The van der Waals surface area contributed by atoms with Crippen molar-refractivity contribution in [3.05, 3.63) is 59.7 Å². The molecule has 0 radical (unpaired) electrons. The molecule has 0 aliphatic carbocycles. The maximum atomic E-state index is 12.6. The van der Waals surface area contributed by atoms with E-state index in [4.69, 9.17) is 33.2 Å². The molecular formula is C27H28O12. The van der Waals surface area contributed by atoms with Crippen molar-refractivity contribution in [3.8, 4) is 11.5 Å². The zero-order chi connectivity index (χ0) is 28.5. The molecule has 2 aromatic rings. The number of rotatable bonds is 10. The molecule has 39 heavy (non-hydrogen) atoms. The predicted octanol–water partition coefficient (Wildman–Crippen LogP) is 2.15. The fourth-order valence-electron chi connectivity index (χ4n) is 3.84. The quantitative estimate of drug-likeness (QED) is 0.245. The van der Waals surface area contributed by atoms with Crippen LogP contribution in [0.4, 0.5) is 0 Å². The van der Waals surface area contributed by atoms with Gasteiger partial charge < -0.3 is 33.2 Å². The maximum Gasteiger partial charge on any atom is 0.339 e. The van der Waals surface area contributed by atoms with Crippen molar-refractivity contribution in [3.63, 3.8) is 0 Å². The SMILES string of the molecule is COC(=O)[C@H]1O[C@@H](Oc2ccc(C=O)cc2OCc2ccccc2)[C@H](OC(C)=O)[C@@H](OC(C)=O)[C@@H]1OC(C)=O. The smallest absolute Gasteiger partial charge is 0.339 e. The molecule has 0 amide bonds. The lowest BCUT2D eigenvalue weighted by Crippen LogP contribution is -2.64. The van der Waals surface area contributed by atoms with Gasteiger partial charge in [-0.25, -0.2) is 4.79 Å². The Balaban J connectivity index is 2.02. The lowest BCUT2D eigenvalue weighted by Gasteiger charge is -2.43. The summed E-state index contributed by atoms with van der Waals surface area (Å²) in [5.74, 6) is -3.23. The van der Waals surface area contributed by atoms with E-state index >= 15 is 0 Å². The molecular weight excluding hydrogens is 516 g/mol. The van der Waals surface area contributed by atoms with Crippen molar-refractivity contribution < 1.29 is 57.1 Å². The molecule has 1 aliphatic rings. The van der Waals surface area contributed by atoms with Gasteiger partial charge in [0.05, 0.1) is 7.11 Å². The van der Waals surface area contributed by atoms with E-state index in [1.165, 1.54) is 18.2 Å². The Labute approximate surface area is 224 Å². The van der Waals surface area contributed by atoms with E-state index in [1.807, 2.05) is 30.3 Å². The van der Waals surface area contributed by atoms with Crippen LogP contribution in [0.25, 0.3) is 0 Å². The molecule has 0 N–H and O–H groups in total. The number of ether oxygens (including phenoxy) is 7. The van der Waals surface area contributed by atoms with Crippen LogP contribution < -0.4 is 9.47 Å². The summed E-state index contributed by atoms with van der Waals surface area (Å²) >= 11 is 0. The van der Waals surface area contributed by atoms with E-state index < -0.39 is 54.6 Å². The zero-order valence-corrected chi connectivity index (χ0v) is 21.7. The van der Waals surface area contributed by atoms with Gasteiger partial charge in [0.2, 0.25) is 12.4 Å². The summed E-state index contributed by atoms with van der Waals surface area (Å²) in [5.41, 5.74) is 1.11. The first kappa shape index (κ1) is 29.1. The molecule has 1 fully saturated rings. The molecule has 0 bridgehead atoms. The summed E-state index contributed by atoms with van der Waals surface area (Å²) < 4.78 is 38.4. The van der Waals surface area contributed by atoms with Crippen molar-refractivity contribution in [2.75, 3.05) is 7.11 Å². The van der Waals surface area contributed by atoms with Gasteiger partial charge in [0.1, 0.15) is 12.9 Å². The highest BCUT2D eigenvalue weighted by Crippen LogP contribution is 2.35. The summed E-state index contributed by atoms with van der Waals surface area (Å²) in [4.78, 5) is 59.9. The summed E-state index contributed by atoms with van der Waals surface area (Å²) in [7, 11) is 1.08. The highest BCUT2D eigenvalue weighted by Gasteiger charge is 2.56. The fourth-order valence-corrected chi connectivity index (χ4v) is 3.84. The standard InChI is InChI=1S/C27H28O12/c1-15(29)35-22-23(36-16(2)30)25(37-17(3)31)27(39-24(22)26(32)33-4)38-20-11-10-19(13-28)12-21(20)34-14-18-8-6-5-7-9-18/h5-13,22-25,27H,14H2,1-4H3/t22-,23-,24-,25+,27+/m0/s1. The van der Waals surface area contributed by atoms with Gasteiger partial charge in [0.25, 0.3) is 0 Å². The Morgan fingerprint density at radius 1 is 0.821 bits per heavy atom. The summed E-state index contributed by atoms with van der Waals surface area (Å²) in [6.07, 6.45) is -7.12. The van der Waals surface area contributed by atoms with Crippen molar-refractivity contribution in [1.29, 1.82) is 0 Å². The molecule has 12 nitrogen and oxygen atoms in total. The minimum absolute atomic E-state index is 0.0508. The van der Waals surface area contributed by atoms with Gasteiger partial charge in [-0.3, -0.25) is 19.2 Å².